The first kappa shape index (κ1) is 21.4. The molecule has 3 amide bonds. The predicted octanol–water partition coefficient (Wildman–Crippen LogP) is 1.59. The van der Waals surface area contributed by atoms with E-state index in [9.17, 15) is 14.4 Å². The molecular formula is C23H24N5O4+. The van der Waals surface area contributed by atoms with Gasteiger partial charge < -0.3 is 15.0 Å². The fourth-order valence-corrected chi connectivity index (χ4v) is 3.93. The average molecular weight is 434 g/mol. The molecule has 1 saturated heterocycles. The second kappa shape index (κ2) is 9.52. The van der Waals surface area contributed by atoms with Gasteiger partial charge in [0.15, 0.2) is 0 Å². The number of amides is 3. The van der Waals surface area contributed by atoms with Crippen molar-refractivity contribution < 1.29 is 24.4 Å². The number of piperidine rings is 1. The van der Waals surface area contributed by atoms with Crippen molar-refractivity contribution in [3.63, 3.8) is 0 Å². The van der Waals surface area contributed by atoms with Crippen LogP contribution in [0.25, 0.3) is 0 Å². The van der Waals surface area contributed by atoms with Crippen LogP contribution in [0.2, 0.25) is 0 Å². The normalized spacial score (nSPS) is 18.1. The molecule has 2 heterocycles. The number of nitrogens with two attached hydrogens (primary N) is 1. The van der Waals surface area contributed by atoms with E-state index in [1.807, 2.05) is 35.6 Å². The average Bonchev–Trinajstić information content (AvgIpc) is 3.13. The molecule has 2 aliphatic rings. The number of ether oxygens (including phenoxy) is 1. The summed E-state index contributed by atoms with van der Waals surface area (Å²) in [7, 11) is 0. The SMILES string of the molecule is N=NC=C[NH2+]Cc1ccc(COc2cccc3c2CN(C2CCC(=O)NC2=O)C3=O)cc1. The van der Waals surface area contributed by atoms with Crippen LogP contribution in [-0.4, -0.2) is 28.7 Å². The Labute approximate surface area is 184 Å². The number of nitrogens with one attached hydrogen (secondary N) is 2. The molecule has 1 fully saturated rings. The molecule has 0 aliphatic carbocycles. The maximum Gasteiger partial charge on any atom is 0.255 e. The van der Waals surface area contributed by atoms with Gasteiger partial charge in [-0.1, -0.05) is 30.3 Å². The predicted molar refractivity (Wildman–Crippen MR) is 113 cm³/mol. The highest BCUT2D eigenvalue weighted by Crippen LogP contribution is 2.33. The second-order valence-electron chi connectivity index (χ2n) is 7.70. The van der Waals surface area contributed by atoms with E-state index < -0.39 is 11.9 Å². The largest absolute Gasteiger partial charge is 0.489 e. The van der Waals surface area contributed by atoms with Gasteiger partial charge in [-0.25, -0.2) is 5.53 Å². The summed E-state index contributed by atoms with van der Waals surface area (Å²) in [6.45, 7) is 1.38. The summed E-state index contributed by atoms with van der Waals surface area (Å²) in [5.74, 6) is -0.324. The lowest BCUT2D eigenvalue weighted by Crippen LogP contribution is -2.76. The third-order valence-corrected chi connectivity index (χ3v) is 5.61. The molecule has 1 atom stereocenters. The molecule has 2 aromatic carbocycles. The fourth-order valence-electron chi connectivity index (χ4n) is 3.93. The molecule has 1 unspecified atom stereocenters. The van der Waals surface area contributed by atoms with E-state index in [1.165, 1.54) is 11.1 Å². The van der Waals surface area contributed by atoms with Crippen molar-refractivity contribution in [1.29, 1.82) is 5.53 Å². The maximum absolute atomic E-state index is 12.9. The number of rotatable bonds is 8. The van der Waals surface area contributed by atoms with Crippen molar-refractivity contribution in [2.75, 3.05) is 0 Å². The molecule has 0 spiro atoms. The van der Waals surface area contributed by atoms with Crippen molar-refractivity contribution >= 4 is 17.7 Å². The molecule has 9 heteroatoms. The molecule has 0 aromatic heterocycles. The zero-order chi connectivity index (χ0) is 22.5. The molecular weight excluding hydrogens is 410 g/mol. The summed E-state index contributed by atoms with van der Waals surface area (Å²) < 4.78 is 6.03. The van der Waals surface area contributed by atoms with Crippen molar-refractivity contribution in [2.24, 2.45) is 5.11 Å². The van der Waals surface area contributed by atoms with E-state index in [4.69, 9.17) is 10.3 Å². The van der Waals surface area contributed by atoms with Crippen molar-refractivity contribution in [1.82, 2.24) is 10.2 Å². The van der Waals surface area contributed by atoms with Crippen molar-refractivity contribution in [3.8, 4) is 5.75 Å². The van der Waals surface area contributed by atoms with E-state index in [2.05, 4.69) is 10.4 Å². The molecule has 0 bridgehead atoms. The second-order valence-corrected chi connectivity index (χ2v) is 7.70. The Morgan fingerprint density at radius 2 is 1.94 bits per heavy atom. The number of carbonyl (C=O) groups is 3. The number of quaternary nitrogens is 1. The zero-order valence-electron chi connectivity index (χ0n) is 17.4. The van der Waals surface area contributed by atoms with Crippen molar-refractivity contribution in [3.05, 3.63) is 77.1 Å². The Morgan fingerprint density at radius 3 is 2.69 bits per heavy atom. The van der Waals surface area contributed by atoms with E-state index in [1.54, 1.807) is 18.3 Å². The van der Waals surface area contributed by atoms with Gasteiger partial charge in [-0.2, -0.15) is 5.11 Å². The number of hydrogen-bond donors (Lipinski definition) is 3. The van der Waals surface area contributed by atoms with Gasteiger partial charge in [-0.15, -0.1) is 0 Å². The monoisotopic (exact) mass is 434 g/mol. The fraction of sp³-hybridized carbons (Fsp3) is 0.261. The summed E-state index contributed by atoms with van der Waals surface area (Å²) >= 11 is 0. The smallest absolute Gasteiger partial charge is 0.255 e. The highest BCUT2D eigenvalue weighted by atomic mass is 16.5. The van der Waals surface area contributed by atoms with Crippen LogP contribution in [0.3, 0.4) is 0 Å². The summed E-state index contributed by atoms with van der Waals surface area (Å²) in [4.78, 5) is 38.1. The minimum atomic E-state index is -0.644. The van der Waals surface area contributed by atoms with E-state index in [0.717, 1.165) is 23.2 Å². The van der Waals surface area contributed by atoms with Gasteiger partial charge in [-0.3, -0.25) is 19.7 Å². The van der Waals surface area contributed by atoms with E-state index >= 15 is 0 Å². The molecule has 4 N–H and O–H groups in total. The van der Waals surface area contributed by atoms with E-state index in [-0.39, 0.29) is 24.8 Å². The third-order valence-electron chi connectivity index (χ3n) is 5.61. The highest BCUT2D eigenvalue weighted by Gasteiger charge is 2.40. The summed E-state index contributed by atoms with van der Waals surface area (Å²) in [6.07, 6.45) is 3.72. The van der Waals surface area contributed by atoms with Gasteiger partial charge in [0.1, 0.15) is 37.3 Å². The topological polar surface area (TPSA) is 129 Å². The third kappa shape index (κ3) is 4.57. The minimum Gasteiger partial charge on any atom is -0.489 e. The van der Waals surface area contributed by atoms with Crippen LogP contribution in [-0.2, 0) is 29.3 Å². The van der Waals surface area contributed by atoms with Crippen LogP contribution >= 0.6 is 0 Å². The van der Waals surface area contributed by atoms with Crippen molar-refractivity contribution in [2.45, 2.75) is 38.6 Å². The quantitative estimate of drug-likeness (QED) is 0.430. The summed E-state index contributed by atoms with van der Waals surface area (Å²) in [5.41, 5.74) is 10.1. The first-order valence-electron chi connectivity index (χ1n) is 10.4. The Hall–Kier alpha value is -3.85. The maximum atomic E-state index is 12.9. The minimum absolute atomic E-state index is 0.215. The standard InChI is InChI=1S/C23H23N5O4/c24-26-11-10-25-12-15-4-6-16(7-5-15)14-32-20-3-1-2-17-18(20)13-28(23(17)31)19-8-9-21(29)27-22(19)30/h1-7,10-11,19,24-25H,8-9,12-14H2,(H,27,29,30)/p+1. The molecule has 4 rings (SSSR count). The molecule has 164 valence electrons. The van der Waals surface area contributed by atoms with Gasteiger partial charge >= 0.3 is 0 Å². The zero-order valence-corrected chi connectivity index (χ0v) is 17.4. The lowest BCUT2D eigenvalue weighted by atomic mass is 10.0. The summed E-state index contributed by atoms with van der Waals surface area (Å²) in [6, 6.07) is 12.7. The van der Waals surface area contributed by atoms with Gasteiger partial charge in [0.25, 0.3) is 5.91 Å². The number of nitrogens with zero attached hydrogens (tertiary/aromatic N) is 2. The van der Waals surface area contributed by atoms with Crippen LogP contribution < -0.4 is 15.4 Å². The highest BCUT2D eigenvalue weighted by molar-refractivity contribution is 6.05. The molecule has 9 nitrogen and oxygen atoms in total. The molecule has 2 aromatic rings. The Kier molecular flexibility index (Phi) is 6.37. The van der Waals surface area contributed by atoms with Gasteiger partial charge in [0.05, 0.1) is 6.54 Å². The number of benzene rings is 2. The number of imide groups is 1. The molecule has 32 heavy (non-hydrogen) atoms. The molecule has 2 aliphatic heterocycles. The Morgan fingerprint density at radius 1 is 1.16 bits per heavy atom. The lowest BCUT2D eigenvalue weighted by molar-refractivity contribution is -0.604. The van der Waals surface area contributed by atoms with E-state index in [0.29, 0.717) is 24.3 Å². The Bertz CT molecular complexity index is 1080. The van der Waals surface area contributed by atoms with Crippen LogP contribution in [0.15, 0.2) is 60.0 Å². The molecule has 0 saturated carbocycles. The van der Waals surface area contributed by atoms with Gasteiger partial charge in [-0.05, 0) is 24.1 Å². The van der Waals surface area contributed by atoms with Crippen LogP contribution in [0.4, 0.5) is 0 Å². The van der Waals surface area contributed by atoms with Gasteiger partial charge in [0.2, 0.25) is 11.8 Å². The summed E-state index contributed by atoms with van der Waals surface area (Å²) in [5, 5.41) is 7.41. The van der Waals surface area contributed by atoms with Crippen LogP contribution in [0, 0.1) is 5.53 Å². The first-order chi connectivity index (χ1) is 15.6. The number of carbonyl (C=O) groups excluding carboxylic acids is 3. The van der Waals surface area contributed by atoms with Gasteiger partial charge in [0, 0.05) is 23.1 Å². The lowest BCUT2D eigenvalue weighted by Gasteiger charge is -2.29. The van der Waals surface area contributed by atoms with Crippen LogP contribution in [0.1, 0.15) is 39.9 Å². The number of hydrogen-bond acceptors (Lipinski definition) is 6. The number of fused-ring (bicyclic) bond motifs is 1. The first-order valence-corrected chi connectivity index (χ1v) is 10.4. The molecule has 0 radical (unpaired) electrons. The Balaban J connectivity index is 1.40. The van der Waals surface area contributed by atoms with Crippen LogP contribution in [0.5, 0.6) is 5.75 Å².